The third-order valence-corrected chi connectivity index (χ3v) is 3.05. The molecule has 0 aliphatic heterocycles. The zero-order valence-electron chi connectivity index (χ0n) is 8.83. The maximum absolute atomic E-state index is 4.69. The van der Waals surface area contributed by atoms with Crippen LogP contribution in [0, 0.1) is 6.92 Å². The summed E-state index contributed by atoms with van der Waals surface area (Å²) < 4.78 is 0. The van der Waals surface area contributed by atoms with Gasteiger partial charge in [-0.05, 0) is 25.2 Å². The molecule has 0 unspecified atom stereocenters. The van der Waals surface area contributed by atoms with Gasteiger partial charge in [0.15, 0.2) is 0 Å². The standard InChI is InChI=1S/C14H13N/c1-10-11-6-2-3-7-12(11)13-8-4-5-9-14(13)15-10/h2-4,6-8H,5,9H2,1H3. The zero-order chi connectivity index (χ0) is 10.3. The van der Waals surface area contributed by atoms with Gasteiger partial charge in [-0.15, -0.1) is 0 Å². The van der Waals surface area contributed by atoms with E-state index in [1.807, 2.05) is 0 Å². The number of aryl methyl sites for hydroxylation is 2. The van der Waals surface area contributed by atoms with E-state index in [1.54, 1.807) is 0 Å². The molecule has 1 nitrogen and oxygen atoms in total. The lowest BCUT2D eigenvalue weighted by molar-refractivity contribution is 0.922. The number of hydrogen-bond acceptors (Lipinski definition) is 1. The van der Waals surface area contributed by atoms with Gasteiger partial charge in [-0.25, -0.2) is 0 Å². The highest BCUT2D eigenvalue weighted by Crippen LogP contribution is 2.27. The minimum Gasteiger partial charge on any atom is -0.257 e. The van der Waals surface area contributed by atoms with Gasteiger partial charge < -0.3 is 0 Å². The van der Waals surface area contributed by atoms with Gasteiger partial charge in [0.2, 0.25) is 0 Å². The molecule has 0 bridgehead atoms. The SMILES string of the molecule is Cc1nc2c(c3ccccc13)C=CCC2. The van der Waals surface area contributed by atoms with Crippen molar-refractivity contribution in [3.63, 3.8) is 0 Å². The van der Waals surface area contributed by atoms with E-state index in [2.05, 4.69) is 43.3 Å². The summed E-state index contributed by atoms with van der Waals surface area (Å²) in [6.07, 6.45) is 6.66. The van der Waals surface area contributed by atoms with Crippen LogP contribution in [0.3, 0.4) is 0 Å². The topological polar surface area (TPSA) is 12.9 Å². The van der Waals surface area contributed by atoms with Crippen LogP contribution < -0.4 is 0 Å². The van der Waals surface area contributed by atoms with E-state index >= 15 is 0 Å². The van der Waals surface area contributed by atoms with E-state index in [-0.39, 0.29) is 0 Å². The van der Waals surface area contributed by atoms with Crippen molar-refractivity contribution < 1.29 is 0 Å². The van der Waals surface area contributed by atoms with Gasteiger partial charge in [-0.1, -0.05) is 36.4 Å². The number of rotatable bonds is 0. The van der Waals surface area contributed by atoms with E-state index in [0.717, 1.165) is 18.5 Å². The molecule has 1 aliphatic rings. The second-order valence-corrected chi connectivity index (χ2v) is 4.04. The molecule has 0 saturated carbocycles. The lowest BCUT2D eigenvalue weighted by Crippen LogP contribution is -2.01. The number of benzene rings is 1. The van der Waals surface area contributed by atoms with Gasteiger partial charge in [-0.3, -0.25) is 4.98 Å². The minimum absolute atomic E-state index is 1.08. The molecule has 74 valence electrons. The molecule has 3 rings (SSSR count). The Labute approximate surface area is 89.5 Å². The van der Waals surface area contributed by atoms with Crippen molar-refractivity contribution in [3.05, 3.63) is 47.3 Å². The van der Waals surface area contributed by atoms with E-state index < -0.39 is 0 Å². The summed E-state index contributed by atoms with van der Waals surface area (Å²) in [5.41, 5.74) is 3.73. The second-order valence-electron chi connectivity index (χ2n) is 4.04. The Kier molecular flexibility index (Phi) is 1.84. The molecule has 0 amide bonds. The predicted molar refractivity (Wildman–Crippen MR) is 63.8 cm³/mol. The third kappa shape index (κ3) is 1.27. The maximum Gasteiger partial charge on any atom is 0.0488 e. The van der Waals surface area contributed by atoms with Crippen molar-refractivity contribution in [2.45, 2.75) is 19.8 Å². The fourth-order valence-corrected chi connectivity index (χ4v) is 2.31. The largest absolute Gasteiger partial charge is 0.257 e. The van der Waals surface area contributed by atoms with Gasteiger partial charge in [-0.2, -0.15) is 0 Å². The molecule has 0 radical (unpaired) electrons. The highest BCUT2D eigenvalue weighted by Gasteiger charge is 2.11. The summed E-state index contributed by atoms with van der Waals surface area (Å²) in [4.78, 5) is 4.69. The molecule has 15 heavy (non-hydrogen) atoms. The smallest absolute Gasteiger partial charge is 0.0488 e. The quantitative estimate of drug-likeness (QED) is 0.627. The van der Waals surface area contributed by atoms with Gasteiger partial charge in [0.25, 0.3) is 0 Å². The van der Waals surface area contributed by atoms with Gasteiger partial charge in [0.05, 0.1) is 0 Å². The van der Waals surface area contributed by atoms with Gasteiger partial charge >= 0.3 is 0 Å². The van der Waals surface area contributed by atoms with Crippen LogP contribution in [0.25, 0.3) is 16.8 Å². The molecule has 0 N–H and O–H groups in total. The van der Waals surface area contributed by atoms with Gasteiger partial charge in [0.1, 0.15) is 0 Å². The van der Waals surface area contributed by atoms with Crippen molar-refractivity contribution in [3.8, 4) is 0 Å². The molecule has 0 fully saturated rings. The first-order chi connectivity index (χ1) is 7.36. The fourth-order valence-electron chi connectivity index (χ4n) is 2.31. The van der Waals surface area contributed by atoms with Crippen LogP contribution in [-0.4, -0.2) is 4.98 Å². The number of hydrogen-bond donors (Lipinski definition) is 0. The van der Waals surface area contributed by atoms with E-state index in [9.17, 15) is 0 Å². The molecule has 1 heterocycles. The maximum atomic E-state index is 4.69. The van der Waals surface area contributed by atoms with Crippen LogP contribution in [0.5, 0.6) is 0 Å². The first kappa shape index (κ1) is 8.66. The first-order valence-electron chi connectivity index (χ1n) is 5.41. The summed E-state index contributed by atoms with van der Waals surface area (Å²) in [6.45, 7) is 2.10. The first-order valence-corrected chi connectivity index (χ1v) is 5.41. The molecule has 0 atom stereocenters. The lowest BCUT2D eigenvalue weighted by atomic mass is 9.96. The molecular weight excluding hydrogens is 182 g/mol. The van der Waals surface area contributed by atoms with Crippen LogP contribution >= 0.6 is 0 Å². The summed E-state index contributed by atoms with van der Waals surface area (Å²) in [6, 6.07) is 8.53. The third-order valence-electron chi connectivity index (χ3n) is 3.05. The Hall–Kier alpha value is -1.63. The van der Waals surface area contributed by atoms with Crippen molar-refractivity contribution in [2.75, 3.05) is 0 Å². The minimum atomic E-state index is 1.08. The fraction of sp³-hybridized carbons (Fsp3) is 0.214. The van der Waals surface area contributed by atoms with Crippen LogP contribution in [0.2, 0.25) is 0 Å². The molecule has 2 aromatic rings. The molecule has 1 aliphatic carbocycles. The molecular formula is C14H13N. The number of fused-ring (bicyclic) bond motifs is 3. The second kappa shape index (κ2) is 3.20. The molecule has 1 aromatic carbocycles. The van der Waals surface area contributed by atoms with Crippen molar-refractivity contribution in [2.24, 2.45) is 0 Å². The number of allylic oxidation sites excluding steroid dienone is 1. The molecule has 0 spiro atoms. The van der Waals surface area contributed by atoms with E-state index in [4.69, 9.17) is 4.98 Å². The van der Waals surface area contributed by atoms with Crippen LogP contribution in [0.1, 0.15) is 23.4 Å². The predicted octanol–water partition coefficient (Wildman–Crippen LogP) is 3.50. The summed E-state index contributed by atoms with van der Waals surface area (Å²) in [5, 5.41) is 2.62. The highest BCUT2D eigenvalue weighted by molar-refractivity contribution is 5.93. The number of pyridine rings is 1. The monoisotopic (exact) mass is 195 g/mol. The van der Waals surface area contributed by atoms with Crippen LogP contribution in [0.15, 0.2) is 30.3 Å². The zero-order valence-corrected chi connectivity index (χ0v) is 8.83. The Morgan fingerprint density at radius 3 is 2.80 bits per heavy atom. The highest BCUT2D eigenvalue weighted by atomic mass is 14.7. The summed E-state index contributed by atoms with van der Waals surface area (Å²) in [5.74, 6) is 0. The molecule has 1 aromatic heterocycles. The average Bonchev–Trinajstić information content (AvgIpc) is 2.30. The van der Waals surface area contributed by atoms with Crippen LogP contribution in [-0.2, 0) is 6.42 Å². The Morgan fingerprint density at radius 2 is 1.93 bits per heavy atom. The van der Waals surface area contributed by atoms with Crippen LogP contribution in [0.4, 0.5) is 0 Å². The number of nitrogens with zero attached hydrogens (tertiary/aromatic N) is 1. The van der Waals surface area contributed by atoms with Crippen molar-refractivity contribution in [1.82, 2.24) is 4.98 Å². The Bertz CT molecular complexity index is 553. The molecule has 1 heteroatoms. The normalized spacial score (nSPS) is 14.2. The summed E-state index contributed by atoms with van der Waals surface area (Å²) in [7, 11) is 0. The van der Waals surface area contributed by atoms with E-state index in [1.165, 1.54) is 22.0 Å². The van der Waals surface area contributed by atoms with E-state index in [0.29, 0.717) is 0 Å². The lowest BCUT2D eigenvalue weighted by Gasteiger charge is -2.14. The van der Waals surface area contributed by atoms with Crippen molar-refractivity contribution >= 4 is 16.8 Å². The summed E-state index contributed by atoms with van der Waals surface area (Å²) >= 11 is 0. The van der Waals surface area contributed by atoms with Gasteiger partial charge in [0, 0.05) is 22.3 Å². The Morgan fingerprint density at radius 1 is 1.13 bits per heavy atom. The number of aromatic nitrogens is 1. The molecule has 0 saturated heterocycles. The Balaban J connectivity index is 2.46. The van der Waals surface area contributed by atoms with Crippen molar-refractivity contribution in [1.29, 1.82) is 0 Å². The average molecular weight is 195 g/mol.